The molecule has 52 heavy (non-hydrogen) atoms. The highest BCUT2D eigenvalue weighted by atomic mass is 16.5. The standard InChI is InChI=1S/C48H30N2O2/c1-2-11-31(12-3-1)32-13-10-14-33(27-32)34-21-23-40-46(28-34)51-44-19-8-5-16-38(44)48(40)39-17-6-9-20-45(39)52-47-29-35(22-24-41(47)48)50-42-18-7-4-15-36(42)37-30-49-26-25-43(37)50/h1-30H. The van der Waals surface area contributed by atoms with Crippen LogP contribution < -0.4 is 9.47 Å². The molecule has 4 heteroatoms. The van der Waals surface area contributed by atoms with Gasteiger partial charge in [0.25, 0.3) is 0 Å². The van der Waals surface area contributed by atoms with Gasteiger partial charge in [-0.2, -0.15) is 0 Å². The van der Waals surface area contributed by atoms with E-state index in [9.17, 15) is 0 Å². The lowest BCUT2D eigenvalue weighted by Crippen LogP contribution is -2.36. The van der Waals surface area contributed by atoms with E-state index in [2.05, 4.69) is 179 Å². The lowest BCUT2D eigenvalue weighted by atomic mass is 9.62. The molecule has 7 aromatic carbocycles. The number of benzene rings is 7. The van der Waals surface area contributed by atoms with Crippen molar-refractivity contribution in [1.82, 2.24) is 9.55 Å². The van der Waals surface area contributed by atoms with Gasteiger partial charge < -0.3 is 14.0 Å². The molecule has 1 unspecified atom stereocenters. The molecule has 0 fully saturated rings. The molecule has 4 heterocycles. The van der Waals surface area contributed by atoms with Crippen LogP contribution >= 0.6 is 0 Å². The monoisotopic (exact) mass is 666 g/mol. The third kappa shape index (κ3) is 4.06. The van der Waals surface area contributed by atoms with Crippen molar-refractivity contribution in [2.75, 3.05) is 0 Å². The lowest BCUT2D eigenvalue weighted by molar-refractivity contribution is 0.399. The molecule has 0 aliphatic carbocycles. The van der Waals surface area contributed by atoms with Crippen LogP contribution in [0.5, 0.6) is 23.0 Å². The van der Waals surface area contributed by atoms with Crippen LogP contribution in [0.25, 0.3) is 49.7 Å². The Labute approximate surface area is 300 Å². The molecule has 1 atom stereocenters. The summed E-state index contributed by atoms with van der Waals surface area (Å²) in [5, 5.41) is 2.29. The third-order valence-electron chi connectivity index (χ3n) is 10.8. The van der Waals surface area contributed by atoms with Gasteiger partial charge in [-0.3, -0.25) is 4.98 Å². The summed E-state index contributed by atoms with van der Waals surface area (Å²) in [4.78, 5) is 4.46. The van der Waals surface area contributed by atoms with Gasteiger partial charge in [0.15, 0.2) is 0 Å². The van der Waals surface area contributed by atoms with E-state index >= 15 is 0 Å². The lowest BCUT2D eigenvalue weighted by Gasteiger charge is -2.45. The van der Waals surface area contributed by atoms with Crippen molar-refractivity contribution >= 4 is 21.8 Å². The first-order valence-electron chi connectivity index (χ1n) is 17.6. The zero-order valence-electron chi connectivity index (χ0n) is 28.0. The van der Waals surface area contributed by atoms with E-state index < -0.39 is 5.41 Å². The second kappa shape index (κ2) is 11.0. The van der Waals surface area contributed by atoms with Gasteiger partial charge in [0.2, 0.25) is 0 Å². The van der Waals surface area contributed by atoms with Crippen molar-refractivity contribution in [3.63, 3.8) is 0 Å². The Morgan fingerprint density at radius 1 is 0.404 bits per heavy atom. The molecule has 0 saturated heterocycles. The second-order valence-corrected chi connectivity index (χ2v) is 13.5. The SMILES string of the molecule is c1ccc(-c2cccc(-c3ccc4c(c3)Oc3ccccc3C43c4ccccc4Oc4cc(-n5c6ccccc6c6cnccc65)ccc43)c2)cc1. The van der Waals surface area contributed by atoms with Crippen LogP contribution in [-0.2, 0) is 5.41 Å². The van der Waals surface area contributed by atoms with E-state index in [0.717, 1.165) is 78.5 Å². The van der Waals surface area contributed by atoms with E-state index in [0.29, 0.717) is 0 Å². The van der Waals surface area contributed by atoms with Gasteiger partial charge >= 0.3 is 0 Å². The number of rotatable bonds is 3. The van der Waals surface area contributed by atoms with Crippen LogP contribution in [0.15, 0.2) is 182 Å². The number of fused-ring (bicyclic) bond motifs is 11. The second-order valence-electron chi connectivity index (χ2n) is 13.5. The Balaban J connectivity index is 1.14. The predicted octanol–water partition coefficient (Wildman–Crippen LogP) is 12.1. The minimum Gasteiger partial charge on any atom is -0.457 e. The average molecular weight is 667 g/mol. The first kappa shape index (κ1) is 28.9. The van der Waals surface area contributed by atoms with E-state index in [-0.39, 0.29) is 0 Å². The van der Waals surface area contributed by atoms with Crippen LogP contribution in [0.1, 0.15) is 22.3 Å². The molecule has 11 rings (SSSR count). The zero-order valence-corrected chi connectivity index (χ0v) is 28.0. The molecule has 0 N–H and O–H groups in total. The molecule has 0 bridgehead atoms. The molecule has 9 aromatic rings. The number of para-hydroxylation sites is 3. The number of aromatic nitrogens is 2. The van der Waals surface area contributed by atoms with Gasteiger partial charge in [0, 0.05) is 57.2 Å². The summed E-state index contributed by atoms with van der Waals surface area (Å²) in [6.07, 6.45) is 3.82. The van der Waals surface area contributed by atoms with Gasteiger partial charge in [-0.15, -0.1) is 0 Å². The normalized spacial score (nSPS) is 15.3. The number of hydrogen-bond donors (Lipinski definition) is 0. The maximum absolute atomic E-state index is 6.88. The molecule has 244 valence electrons. The molecular formula is C48H30N2O2. The van der Waals surface area contributed by atoms with E-state index in [1.807, 2.05) is 12.4 Å². The number of pyridine rings is 1. The summed E-state index contributed by atoms with van der Waals surface area (Å²) in [5.74, 6) is 3.33. The maximum Gasteiger partial charge on any atom is 0.134 e. The summed E-state index contributed by atoms with van der Waals surface area (Å²) >= 11 is 0. The first-order valence-corrected chi connectivity index (χ1v) is 17.6. The molecule has 2 aliphatic heterocycles. The van der Waals surface area contributed by atoms with Gasteiger partial charge in [-0.1, -0.05) is 121 Å². The van der Waals surface area contributed by atoms with Crippen LogP contribution in [0.3, 0.4) is 0 Å². The van der Waals surface area contributed by atoms with Crippen molar-refractivity contribution in [2.45, 2.75) is 5.41 Å². The van der Waals surface area contributed by atoms with Crippen LogP contribution in [0, 0.1) is 0 Å². The van der Waals surface area contributed by atoms with E-state index in [4.69, 9.17) is 9.47 Å². The molecule has 0 amide bonds. The van der Waals surface area contributed by atoms with Crippen LogP contribution in [0.2, 0.25) is 0 Å². The number of hydrogen-bond acceptors (Lipinski definition) is 3. The van der Waals surface area contributed by atoms with E-state index in [1.54, 1.807) is 0 Å². The van der Waals surface area contributed by atoms with Gasteiger partial charge in [0.1, 0.15) is 23.0 Å². The Kier molecular flexibility index (Phi) is 6.13. The Morgan fingerprint density at radius 2 is 0.981 bits per heavy atom. The minimum absolute atomic E-state index is 0.679. The largest absolute Gasteiger partial charge is 0.457 e. The molecule has 1 spiro atoms. The fourth-order valence-electron chi connectivity index (χ4n) is 8.58. The molecule has 0 radical (unpaired) electrons. The highest BCUT2D eigenvalue weighted by Crippen LogP contribution is 2.61. The third-order valence-corrected chi connectivity index (χ3v) is 10.8. The van der Waals surface area contributed by atoms with Crippen molar-refractivity contribution in [3.8, 4) is 50.9 Å². The summed E-state index contributed by atoms with van der Waals surface area (Å²) in [5.41, 5.74) is 11.5. The maximum atomic E-state index is 6.88. The summed E-state index contributed by atoms with van der Waals surface area (Å²) in [6.45, 7) is 0. The fourth-order valence-corrected chi connectivity index (χ4v) is 8.58. The first-order chi connectivity index (χ1) is 25.8. The average Bonchev–Trinajstić information content (AvgIpc) is 3.55. The van der Waals surface area contributed by atoms with Crippen LogP contribution in [-0.4, -0.2) is 9.55 Å². The van der Waals surface area contributed by atoms with Gasteiger partial charge in [-0.05, 0) is 64.7 Å². The highest BCUT2D eigenvalue weighted by Gasteiger charge is 2.50. The fraction of sp³-hybridized carbons (Fsp3) is 0.0208. The smallest absolute Gasteiger partial charge is 0.134 e. The molecule has 0 saturated carbocycles. The number of ether oxygens (including phenoxy) is 2. The van der Waals surface area contributed by atoms with Crippen molar-refractivity contribution in [3.05, 3.63) is 205 Å². The molecular weight excluding hydrogens is 637 g/mol. The number of nitrogens with zero attached hydrogens (tertiary/aromatic N) is 2. The highest BCUT2D eigenvalue weighted by molar-refractivity contribution is 6.08. The Bertz CT molecular complexity index is 2810. The van der Waals surface area contributed by atoms with Crippen molar-refractivity contribution in [1.29, 1.82) is 0 Å². The molecule has 2 aliphatic rings. The van der Waals surface area contributed by atoms with Crippen molar-refractivity contribution < 1.29 is 9.47 Å². The summed E-state index contributed by atoms with van der Waals surface area (Å²) in [6, 6.07) is 60.1. The Hall–Kier alpha value is -6.91. The van der Waals surface area contributed by atoms with E-state index in [1.165, 1.54) is 16.5 Å². The quantitative estimate of drug-likeness (QED) is 0.188. The molecule has 2 aromatic heterocycles. The minimum atomic E-state index is -0.679. The van der Waals surface area contributed by atoms with Gasteiger partial charge in [0.05, 0.1) is 16.4 Å². The topological polar surface area (TPSA) is 36.3 Å². The Morgan fingerprint density at radius 3 is 1.77 bits per heavy atom. The van der Waals surface area contributed by atoms with Gasteiger partial charge in [-0.25, -0.2) is 0 Å². The summed E-state index contributed by atoms with van der Waals surface area (Å²) < 4.78 is 16.0. The predicted molar refractivity (Wildman–Crippen MR) is 208 cm³/mol. The molecule has 4 nitrogen and oxygen atoms in total. The van der Waals surface area contributed by atoms with Crippen LogP contribution in [0.4, 0.5) is 0 Å². The zero-order chi connectivity index (χ0) is 34.2. The van der Waals surface area contributed by atoms with Crippen molar-refractivity contribution in [2.24, 2.45) is 0 Å². The summed E-state index contributed by atoms with van der Waals surface area (Å²) in [7, 11) is 0.